The van der Waals surface area contributed by atoms with Crippen molar-refractivity contribution in [3.8, 4) is 11.1 Å². The van der Waals surface area contributed by atoms with E-state index in [4.69, 9.17) is 4.74 Å². The maximum Gasteiger partial charge on any atom is 0.251 e. The summed E-state index contributed by atoms with van der Waals surface area (Å²) in [5.41, 5.74) is 3.92. The number of aryl methyl sites for hydroxylation is 1. The van der Waals surface area contributed by atoms with Crippen LogP contribution in [0.5, 0.6) is 0 Å². The lowest BCUT2D eigenvalue weighted by Crippen LogP contribution is -2.32. The number of amides is 1. The Morgan fingerprint density at radius 1 is 1.19 bits per heavy atom. The second-order valence-electron chi connectivity index (χ2n) is 6.89. The summed E-state index contributed by atoms with van der Waals surface area (Å²) in [6.45, 7) is 2.31. The number of carbonyl (C=O) groups excluding carboxylic acids is 1. The van der Waals surface area contributed by atoms with Crippen molar-refractivity contribution < 1.29 is 9.53 Å². The zero-order chi connectivity index (χ0) is 17.9. The van der Waals surface area contributed by atoms with E-state index in [-0.39, 0.29) is 5.91 Å². The van der Waals surface area contributed by atoms with E-state index < -0.39 is 0 Å². The third-order valence-corrected chi connectivity index (χ3v) is 5.10. The fraction of sp³-hybridized carbons (Fsp3) is 0.333. The maximum atomic E-state index is 12.5. The molecule has 1 amide bonds. The van der Waals surface area contributed by atoms with Gasteiger partial charge in [-0.15, -0.1) is 0 Å². The SMILES string of the molecule is Cn1ncc2cc(-c3cccc(C(=O)NCC4CCOCC4)c3)ccc21. The molecule has 5 heteroatoms. The van der Waals surface area contributed by atoms with Gasteiger partial charge in [-0.2, -0.15) is 5.10 Å². The van der Waals surface area contributed by atoms with Crippen LogP contribution >= 0.6 is 0 Å². The molecule has 1 aliphatic heterocycles. The minimum Gasteiger partial charge on any atom is -0.381 e. The molecular weight excluding hydrogens is 326 g/mol. The minimum atomic E-state index is -0.0132. The molecule has 0 spiro atoms. The summed E-state index contributed by atoms with van der Waals surface area (Å²) in [7, 11) is 1.94. The lowest BCUT2D eigenvalue weighted by Gasteiger charge is -2.22. The molecule has 3 aromatic rings. The highest BCUT2D eigenvalue weighted by molar-refractivity contribution is 5.95. The number of benzene rings is 2. The highest BCUT2D eigenvalue weighted by atomic mass is 16.5. The molecule has 0 unspecified atom stereocenters. The number of aromatic nitrogens is 2. The van der Waals surface area contributed by atoms with Crippen molar-refractivity contribution in [3.63, 3.8) is 0 Å². The van der Waals surface area contributed by atoms with Gasteiger partial charge in [-0.1, -0.05) is 18.2 Å². The lowest BCUT2D eigenvalue weighted by molar-refractivity contribution is 0.0642. The van der Waals surface area contributed by atoms with Gasteiger partial charge in [0.1, 0.15) is 0 Å². The number of carbonyl (C=O) groups is 1. The normalized spacial score (nSPS) is 15.3. The van der Waals surface area contributed by atoms with E-state index in [1.807, 2.05) is 42.2 Å². The maximum absolute atomic E-state index is 12.5. The molecule has 0 saturated carbocycles. The minimum absolute atomic E-state index is 0.0132. The molecule has 1 saturated heterocycles. The first-order chi connectivity index (χ1) is 12.7. The van der Waals surface area contributed by atoms with Crippen LogP contribution in [0.4, 0.5) is 0 Å². The molecule has 1 fully saturated rings. The first-order valence-electron chi connectivity index (χ1n) is 9.09. The van der Waals surface area contributed by atoms with E-state index in [2.05, 4.69) is 28.6 Å². The van der Waals surface area contributed by atoms with Crippen LogP contribution in [0.25, 0.3) is 22.0 Å². The quantitative estimate of drug-likeness (QED) is 0.785. The average Bonchev–Trinajstić information content (AvgIpc) is 3.07. The van der Waals surface area contributed by atoms with Crippen LogP contribution in [0, 0.1) is 5.92 Å². The fourth-order valence-corrected chi connectivity index (χ4v) is 3.47. The van der Waals surface area contributed by atoms with E-state index in [9.17, 15) is 4.79 Å². The molecule has 1 aliphatic rings. The van der Waals surface area contributed by atoms with Gasteiger partial charge in [0.15, 0.2) is 0 Å². The molecule has 1 N–H and O–H groups in total. The van der Waals surface area contributed by atoms with Crippen LogP contribution in [-0.2, 0) is 11.8 Å². The molecule has 0 bridgehead atoms. The first kappa shape index (κ1) is 16.8. The zero-order valence-corrected chi connectivity index (χ0v) is 14.9. The summed E-state index contributed by atoms with van der Waals surface area (Å²) in [6, 6.07) is 14.0. The second kappa shape index (κ2) is 7.30. The summed E-state index contributed by atoms with van der Waals surface area (Å²) >= 11 is 0. The van der Waals surface area contributed by atoms with Crippen LogP contribution in [0.1, 0.15) is 23.2 Å². The third-order valence-electron chi connectivity index (χ3n) is 5.10. The first-order valence-corrected chi connectivity index (χ1v) is 9.09. The molecule has 1 aromatic heterocycles. The number of rotatable bonds is 4. The predicted octanol–water partition coefficient (Wildman–Crippen LogP) is 3.40. The Morgan fingerprint density at radius 3 is 2.85 bits per heavy atom. The number of ether oxygens (including phenoxy) is 1. The fourth-order valence-electron chi connectivity index (χ4n) is 3.47. The van der Waals surface area contributed by atoms with Gasteiger partial charge in [0.2, 0.25) is 0 Å². The molecule has 2 heterocycles. The van der Waals surface area contributed by atoms with Crippen LogP contribution in [0.15, 0.2) is 48.7 Å². The van der Waals surface area contributed by atoms with Gasteiger partial charge in [-0.3, -0.25) is 9.48 Å². The summed E-state index contributed by atoms with van der Waals surface area (Å²) in [5.74, 6) is 0.504. The molecular formula is C21H23N3O2. The number of nitrogens with one attached hydrogen (secondary N) is 1. The molecule has 2 aromatic carbocycles. The molecule has 26 heavy (non-hydrogen) atoms. The van der Waals surface area contributed by atoms with Gasteiger partial charge < -0.3 is 10.1 Å². The Hall–Kier alpha value is -2.66. The highest BCUT2D eigenvalue weighted by Crippen LogP contribution is 2.25. The number of hydrogen-bond acceptors (Lipinski definition) is 3. The van der Waals surface area contributed by atoms with Gasteiger partial charge >= 0.3 is 0 Å². The van der Waals surface area contributed by atoms with Crippen molar-refractivity contribution in [3.05, 3.63) is 54.2 Å². The van der Waals surface area contributed by atoms with Crippen molar-refractivity contribution in [2.75, 3.05) is 19.8 Å². The monoisotopic (exact) mass is 349 g/mol. The lowest BCUT2D eigenvalue weighted by atomic mass is 9.99. The summed E-state index contributed by atoms with van der Waals surface area (Å²) in [5, 5.41) is 8.46. The van der Waals surface area contributed by atoms with E-state index in [1.54, 1.807) is 0 Å². The average molecular weight is 349 g/mol. The van der Waals surface area contributed by atoms with Gasteiger partial charge in [0.25, 0.3) is 5.91 Å². The summed E-state index contributed by atoms with van der Waals surface area (Å²) in [6.07, 6.45) is 3.90. The van der Waals surface area contributed by atoms with Crippen LogP contribution in [0.2, 0.25) is 0 Å². The predicted molar refractivity (Wildman–Crippen MR) is 102 cm³/mol. The zero-order valence-electron chi connectivity index (χ0n) is 14.9. The Morgan fingerprint density at radius 2 is 2.00 bits per heavy atom. The van der Waals surface area contributed by atoms with Crippen LogP contribution in [-0.4, -0.2) is 35.4 Å². The Kier molecular flexibility index (Phi) is 4.71. The smallest absolute Gasteiger partial charge is 0.251 e. The second-order valence-corrected chi connectivity index (χ2v) is 6.89. The van der Waals surface area contributed by atoms with Crippen molar-refractivity contribution in [2.45, 2.75) is 12.8 Å². The van der Waals surface area contributed by atoms with E-state index in [0.29, 0.717) is 18.0 Å². The molecule has 0 atom stereocenters. The van der Waals surface area contributed by atoms with Crippen molar-refractivity contribution >= 4 is 16.8 Å². The van der Waals surface area contributed by atoms with Gasteiger partial charge in [-0.25, -0.2) is 0 Å². The number of hydrogen-bond donors (Lipinski definition) is 1. The Balaban J connectivity index is 1.50. The number of fused-ring (bicyclic) bond motifs is 1. The van der Waals surface area contributed by atoms with Crippen LogP contribution < -0.4 is 5.32 Å². The van der Waals surface area contributed by atoms with Gasteiger partial charge in [0, 0.05) is 37.8 Å². The summed E-state index contributed by atoms with van der Waals surface area (Å²) in [4.78, 5) is 12.5. The Labute approximate surface area is 153 Å². The molecule has 5 nitrogen and oxygen atoms in total. The van der Waals surface area contributed by atoms with Crippen molar-refractivity contribution in [2.24, 2.45) is 13.0 Å². The van der Waals surface area contributed by atoms with Crippen LogP contribution in [0.3, 0.4) is 0 Å². The van der Waals surface area contributed by atoms with Crippen molar-refractivity contribution in [1.29, 1.82) is 0 Å². The Bertz CT molecular complexity index is 926. The molecule has 0 aliphatic carbocycles. The summed E-state index contributed by atoms with van der Waals surface area (Å²) < 4.78 is 7.23. The van der Waals surface area contributed by atoms with E-state index in [1.165, 1.54) is 0 Å². The molecule has 4 rings (SSSR count). The molecule has 0 radical (unpaired) electrons. The van der Waals surface area contributed by atoms with Gasteiger partial charge in [0.05, 0.1) is 11.7 Å². The third kappa shape index (κ3) is 3.48. The highest BCUT2D eigenvalue weighted by Gasteiger charge is 2.15. The molecule has 134 valence electrons. The standard InChI is InChI=1S/C21H23N3O2/c1-24-20-6-5-17(12-19(20)14-23-24)16-3-2-4-18(11-16)21(25)22-13-15-7-9-26-10-8-15/h2-6,11-12,14-15H,7-10,13H2,1H3,(H,22,25). The number of nitrogens with zero attached hydrogens (tertiary/aromatic N) is 2. The largest absolute Gasteiger partial charge is 0.381 e. The van der Waals surface area contributed by atoms with E-state index in [0.717, 1.165) is 48.1 Å². The van der Waals surface area contributed by atoms with Crippen molar-refractivity contribution in [1.82, 2.24) is 15.1 Å². The van der Waals surface area contributed by atoms with E-state index >= 15 is 0 Å². The van der Waals surface area contributed by atoms with Gasteiger partial charge in [-0.05, 0) is 54.2 Å². The topological polar surface area (TPSA) is 56.2 Å².